The lowest BCUT2D eigenvalue weighted by atomic mass is 10.0. The smallest absolute Gasteiger partial charge is 0.227 e. The van der Waals surface area contributed by atoms with Gasteiger partial charge < -0.3 is 13.6 Å². The van der Waals surface area contributed by atoms with Crippen molar-refractivity contribution in [1.82, 2.24) is 29.1 Å². The van der Waals surface area contributed by atoms with Crippen molar-refractivity contribution < 1.29 is 4.42 Å². The number of benzene rings is 9. The highest BCUT2D eigenvalue weighted by molar-refractivity contribution is 6.24. The minimum Gasteiger partial charge on any atom is -0.435 e. The quantitative estimate of drug-likeness (QED) is 0.167. The normalized spacial score (nSPS) is 11.8. The zero-order chi connectivity index (χ0) is 41.4. The zero-order valence-corrected chi connectivity index (χ0v) is 33.7. The van der Waals surface area contributed by atoms with E-state index in [-0.39, 0.29) is 0 Å². The van der Waals surface area contributed by atoms with Crippen LogP contribution < -0.4 is 0 Å². The largest absolute Gasteiger partial charge is 0.435 e. The molecule has 0 unspecified atom stereocenters. The van der Waals surface area contributed by atoms with Crippen LogP contribution in [0.1, 0.15) is 0 Å². The molecule has 13 rings (SSSR count). The Morgan fingerprint density at radius 1 is 0.333 bits per heavy atom. The Bertz CT molecular complexity index is 3910. The molecule has 7 nitrogen and oxygen atoms in total. The van der Waals surface area contributed by atoms with E-state index in [0.29, 0.717) is 28.9 Å². The SMILES string of the molecule is c1ccc(-c2nc(-c3ccc(-n4c5ccccc5c5ccc6c7ccccc7n(-c7ccccc7)c6c54)c4ccccc34)nc(-c3cccc4nc(-c5ccccc5)oc34)n2)cc1. The Morgan fingerprint density at radius 2 is 0.873 bits per heavy atom. The summed E-state index contributed by atoms with van der Waals surface area (Å²) in [5.41, 5.74) is 11.6. The maximum absolute atomic E-state index is 6.50. The van der Waals surface area contributed by atoms with Gasteiger partial charge in [-0.05, 0) is 66.0 Å². The summed E-state index contributed by atoms with van der Waals surface area (Å²) in [7, 11) is 0. The minimum absolute atomic E-state index is 0.506. The van der Waals surface area contributed by atoms with Crippen LogP contribution in [0.2, 0.25) is 0 Å². The fraction of sp³-hybridized carbons (Fsp3) is 0. The standard InChI is InChI=1S/C56H34N6O/c1-4-17-35(18-5-1)53-58-54(60-55(59-53)45-27-16-28-46-52(45)63-56(57-46)36-19-6-2-7-20-36)44-33-34-49(39-24-11-10-23-38(39)44)62-48-30-15-13-26-41(48)43-32-31-42-40-25-12-14-29-47(40)61(50(42)51(43)62)37-21-8-3-9-22-37/h1-34H. The Balaban J connectivity index is 1.07. The summed E-state index contributed by atoms with van der Waals surface area (Å²) in [5, 5.41) is 6.90. The van der Waals surface area contributed by atoms with E-state index < -0.39 is 0 Å². The second kappa shape index (κ2) is 13.9. The molecule has 0 N–H and O–H groups in total. The highest BCUT2D eigenvalue weighted by atomic mass is 16.3. The second-order valence-electron chi connectivity index (χ2n) is 15.8. The first kappa shape index (κ1) is 35.1. The molecule has 0 bridgehead atoms. The van der Waals surface area contributed by atoms with Gasteiger partial charge in [-0.1, -0.05) is 146 Å². The number of para-hydroxylation sites is 4. The Morgan fingerprint density at radius 3 is 1.57 bits per heavy atom. The number of rotatable bonds is 6. The summed E-state index contributed by atoms with van der Waals surface area (Å²) in [6.07, 6.45) is 0. The predicted octanol–water partition coefficient (Wildman–Crippen LogP) is 14.0. The van der Waals surface area contributed by atoms with Crippen molar-refractivity contribution in [2.45, 2.75) is 0 Å². The molecular formula is C56H34N6O. The molecule has 0 aliphatic rings. The first-order valence-electron chi connectivity index (χ1n) is 21.1. The maximum Gasteiger partial charge on any atom is 0.227 e. The molecule has 4 heterocycles. The average molecular weight is 807 g/mol. The van der Waals surface area contributed by atoms with Gasteiger partial charge in [-0.25, -0.2) is 19.9 Å². The summed E-state index contributed by atoms with van der Waals surface area (Å²) >= 11 is 0. The van der Waals surface area contributed by atoms with Gasteiger partial charge in [0.2, 0.25) is 5.89 Å². The van der Waals surface area contributed by atoms with Crippen LogP contribution in [-0.4, -0.2) is 29.1 Å². The lowest BCUT2D eigenvalue weighted by Gasteiger charge is -2.16. The Labute approximate surface area is 360 Å². The molecule has 0 spiro atoms. The van der Waals surface area contributed by atoms with Crippen molar-refractivity contribution >= 4 is 65.5 Å². The third kappa shape index (κ3) is 5.46. The highest BCUT2D eigenvalue weighted by Gasteiger charge is 2.24. The van der Waals surface area contributed by atoms with E-state index in [0.717, 1.165) is 66.5 Å². The van der Waals surface area contributed by atoms with E-state index in [4.69, 9.17) is 24.4 Å². The van der Waals surface area contributed by atoms with E-state index in [9.17, 15) is 0 Å². The second-order valence-corrected chi connectivity index (χ2v) is 15.8. The summed E-state index contributed by atoms with van der Waals surface area (Å²) in [6, 6.07) is 71.7. The summed E-state index contributed by atoms with van der Waals surface area (Å²) in [6.45, 7) is 0. The van der Waals surface area contributed by atoms with Crippen molar-refractivity contribution in [3.8, 4) is 57.0 Å². The molecule has 0 fully saturated rings. The van der Waals surface area contributed by atoms with Gasteiger partial charge in [0.15, 0.2) is 23.1 Å². The minimum atomic E-state index is 0.506. The molecule has 13 aromatic rings. The molecule has 7 heteroatoms. The number of nitrogens with zero attached hydrogens (tertiary/aromatic N) is 6. The van der Waals surface area contributed by atoms with Crippen LogP contribution in [-0.2, 0) is 0 Å². The first-order chi connectivity index (χ1) is 31.3. The summed E-state index contributed by atoms with van der Waals surface area (Å²) in [4.78, 5) is 20.4. The fourth-order valence-corrected chi connectivity index (χ4v) is 9.43. The summed E-state index contributed by atoms with van der Waals surface area (Å²) in [5.74, 6) is 2.19. The van der Waals surface area contributed by atoms with Gasteiger partial charge in [-0.2, -0.15) is 0 Å². The van der Waals surface area contributed by atoms with Gasteiger partial charge in [-0.3, -0.25) is 0 Å². The molecule has 294 valence electrons. The molecule has 4 aromatic heterocycles. The van der Waals surface area contributed by atoms with Gasteiger partial charge in [0, 0.05) is 49.3 Å². The fourth-order valence-electron chi connectivity index (χ4n) is 9.43. The molecule has 63 heavy (non-hydrogen) atoms. The van der Waals surface area contributed by atoms with Gasteiger partial charge in [0.05, 0.1) is 33.3 Å². The predicted molar refractivity (Wildman–Crippen MR) is 255 cm³/mol. The number of hydrogen-bond acceptors (Lipinski definition) is 5. The molecule has 0 saturated carbocycles. The van der Waals surface area contributed by atoms with E-state index in [2.05, 4.69) is 137 Å². The van der Waals surface area contributed by atoms with Gasteiger partial charge in [0.25, 0.3) is 0 Å². The van der Waals surface area contributed by atoms with Crippen molar-refractivity contribution in [1.29, 1.82) is 0 Å². The highest BCUT2D eigenvalue weighted by Crippen LogP contribution is 2.44. The van der Waals surface area contributed by atoms with E-state index in [1.165, 1.54) is 27.1 Å². The van der Waals surface area contributed by atoms with E-state index >= 15 is 0 Å². The van der Waals surface area contributed by atoms with Crippen LogP contribution in [0.3, 0.4) is 0 Å². The molecule has 9 aromatic carbocycles. The lowest BCUT2D eigenvalue weighted by Crippen LogP contribution is -2.02. The third-order valence-corrected chi connectivity index (χ3v) is 12.2. The third-order valence-electron chi connectivity index (χ3n) is 12.2. The van der Waals surface area contributed by atoms with Gasteiger partial charge >= 0.3 is 0 Å². The van der Waals surface area contributed by atoms with Crippen LogP contribution in [0, 0.1) is 0 Å². The van der Waals surface area contributed by atoms with Crippen molar-refractivity contribution in [2.24, 2.45) is 0 Å². The van der Waals surface area contributed by atoms with E-state index in [1.807, 2.05) is 78.9 Å². The Hall–Kier alpha value is -8.68. The van der Waals surface area contributed by atoms with E-state index in [1.54, 1.807) is 0 Å². The van der Waals surface area contributed by atoms with Crippen LogP contribution in [0.15, 0.2) is 211 Å². The van der Waals surface area contributed by atoms with Gasteiger partial charge in [0.1, 0.15) is 5.52 Å². The van der Waals surface area contributed by atoms with Crippen LogP contribution >= 0.6 is 0 Å². The van der Waals surface area contributed by atoms with Crippen LogP contribution in [0.4, 0.5) is 0 Å². The molecule has 0 saturated heterocycles. The van der Waals surface area contributed by atoms with Gasteiger partial charge in [-0.15, -0.1) is 0 Å². The monoisotopic (exact) mass is 806 g/mol. The number of hydrogen-bond donors (Lipinski definition) is 0. The maximum atomic E-state index is 6.50. The molecule has 0 radical (unpaired) electrons. The molecule has 0 aliphatic carbocycles. The molecule has 0 amide bonds. The number of aromatic nitrogens is 6. The van der Waals surface area contributed by atoms with Crippen LogP contribution in [0.25, 0.3) is 122 Å². The number of oxazole rings is 1. The Kier molecular flexibility index (Phi) is 7.77. The van der Waals surface area contributed by atoms with Crippen molar-refractivity contribution in [3.05, 3.63) is 206 Å². The average Bonchev–Trinajstić information content (AvgIpc) is 4.05. The lowest BCUT2D eigenvalue weighted by molar-refractivity contribution is 0.620. The number of fused-ring (bicyclic) bond motifs is 9. The van der Waals surface area contributed by atoms with Crippen LogP contribution in [0.5, 0.6) is 0 Å². The van der Waals surface area contributed by atoms with Crippen molar-refractivity contribution in [2.75, 3.05) is 0 Å². The van der Waals surface area contributed by atoms with Crippen molar-refractivity contribution in [3.63, 3.8) is 0 Å². The topological polar surface area (TPSA) is 74.6 Å². The molecular weight excluding hydrogens is 773 g/mol. The first-order valence-corrected chi connectivity index (χ1v) is 21.1. The zero-order valence-electron chi connectivity index (χ0n) is 33.7. The molecule has 0 atom stereocenters. The molecule has 0 aliphatic heterocycles. The summed E-state index contributed by atoms with van der Waals surface area (Å²) < 4.78 is 11.4.